The molecule has 94 valence electrons. The largest absolute Gasteiger partial charge is 0.481 e. The second-order valence-corrected chi connectivity index (χ2v) is 5.09. The molecule has 3 nitrogen and oxygen atoms in total. The number of aromatic nitrogens is 1. The van der Waals surface area contributed by atoms with Gasteiger partial charge in [0.2, 0.25) is 5.88 Å². The summed E-state index contributed by atoms with van der Waals surface area (Å²) in [5.41, 5.74) is 1.09. The molecule has 4 heteroatoms. The van der Waals surface area contributed by atoms with Crippen molar-refractivity contribution < 1.29 is 4.74 Å². The molecule has 1 saturated heterocycles. The van der Waals surface area contributed by atoms with E-state index in [1.54, 1.807) is 7.11 Å². The number of rotatable bonds is 4. The summed E-state index contributed by atoms with van der Waals surface area (Å²) in [4.78, 5) is 6.99. The van der Waals surface area contributed by atoms with Crippen molar-refractivity contribution in [2.75, 3.05) is 19.0 Å². The van der Waals surface area contributed by atoms with Gasteiger partial charge < -0.3 is 4.74 Å². The van der Waals surface area contributed by atoms with Crippen molar-refractivity contribution in [2.24, 2.45) is 0 Å². The Balaban J connectivity index is 2.02. The summed E-state index contributed by atoms with van der Waals surface area (Å²) >= 11 is 3.61. The van der Waals surface area contributed by atoms with Crippen molar-refractivity contribution in [2.45, 2.75) is 31.8 Å². The van der Waals surface area contributed by atoms with Crippen molar-refractivity contribution in [3.63, 3.8) is 0 Å². The van der Waals surface area contributed by atoms with E-state index in [9.17, 15) is 0 Å². The van der Waals surface area contributed by atoms with Gasteiger partial charge in [-0.25, -0.2) is 4.98 Å². The van der Waals surface area contributed by atoms with Gasteiger partial charge >= 0.3 is 0 Å². The Labute approximate surface area is 111 Å². The SMILES string of the molecule is COc1cccc(CN2CCCCC2CBr)n1. The highest BCUT2D eigenvalue weighted by Crippen LogP contribution is 2.21. The van der Waals surface area contributed by atoms with Crippen LogP contribution in [0.2, 0.25) is 0 Å². The molecule has 1 aliphatic heterocycles. The van der Waals surface area contributed by atoms with Gasteiger partial charge in [0.15, 0.2) is 0 Å². The quantitative estimate of drug-likeness (QED) is 0.799. The average Bonchev–Trinajstić information content (AvgIpc) is 2.39. The first-order valence-corrected chi connectivity index (χ1v) is 7.25. The molecule has 1 atom stereocenters. The highest BCUT2D eigenvalue weighted by Gasteiger charge is 2.21. The number of ether oxygens (including phenoxy) is 1. The van der Waals surface area contributed by atoms with Crippen LogP contribution in [-0.2, 0) is 6.54 Å². The Morgan fingerprint density at radius 3 is 3.12 bits per heavy atom. The van der Waals surface area contributed by atoms with Gasteiger partial charge in [0, 0.05) is 24.0 Å². The van der Waals surface area contributed by atoms with Crippen LogP contribution in [0.15, 0.2) is 18.2 Å². The Bertz CT molecular complexity index is 359. The summed E-state index contributed by atoms with van der Waals surface area (Å²) in [6.45, 7) is 2.10. The fourth-order valence-electron chi connectivity index (χ4n) is 2.31. The molecule has 1 aliphatic rings. The third-order valence-corrected chi connectivity index (χ3v) is 4.03. The molecule has 0 spiro atoms. The first-order chi connectivity index (χ1) is 8.33. The van der Waals surface area contributed by atoms with Gasteiger partial charge in [-0.2, -0.15) is 0 Å². The van der Waals surface area contributed by atoms with Crippen LogP contribution >= 0.6 is 15.9 Å². The number of hydrogen-bond donors (Lipinski definition) is 0. The predicted molar refractivity (Wildman–Crippen MR) is 72.6 cm³/mol. The van der Waals surface area contributed by atoms with Crippen molar-refractivity contribution >= 4 is 15.9 Å². The molecular weight excluding hydrogens is 280 g/mol. The Morgan fingerprint density at radius 2 is 2.35 bits per heavy atom. The topological polar surface area (TPSA) is 25.4 Å². The third kappa shape index (κ3) is 3.42. The number of nitrogens with zero attached hydrogens (tertiary/aromatic N) is 2. The van der Waals surface area contributed by atoms with Gasteiger partial charge in [0.25, 0.3) is 0 Å². The Morgan fingerprint density at radius 1 is 1.47 bits per heavy atom. The first-order valence-electron chi connectivity index (χ1n) is 6.13. The van der Waals surface area contributed by atoms with Gasteiger partial charge in [-0.05, 0) is 25.5 Å². The zero-order chi connectivity index (χ0) is 12.1. The second kappa shape index (κ2) is 6.36. The van der Waals surface area contributed by atoms with Gasteiger partial charge in [-0.1, -0.05) is 28.4 Å². The maximum atomic E-state index is 5.16. The van der Waals surface area contributed by atoms with E-state index in [1.165, 1.54) is 25.8 Å². The molecule has 0 N–H and O–H groups in total. The Kier molecular flexibility index (Phi) is 4.80. The van der Waals surface area contributed by atoms with Gasteiger partial charge in [0.1, 0.15) is 0 Å². The minimum Gasteiger partial charge on any atom is -0.481 e. The molecular formula is C13H19BrN2O. The van der Waals surface area contributed by atoms with Crippen LogP contribution in [0.4, 0.5) is 0 Å². The maximum absolute atomic E-state index is 5.16. The molecule has 0 bridgehead atoms. The minimum atomic E-state index is 0.650. The van der Waals surface area contributed by atoms with E-state index in [2.05, 4.69) is 31.9 Å². The first kappa shape index (κ1) is 12.8. The maximum Gasteiger partial charge on any atom is 0.213 e. The molecule has 0 saturated carbocycles. The van der Waals surface area contributed by atoms with E-state index in [0.29, 0.717) is 11.9 Å². The molecule has 1 aromatic rings. The fourth-order valence-corrected chi connectivity index (χ4v) is 3.04. The zero-order valence-corrected chi connectivity index (χ0v) is 11.8. The standard InChI is InChI=1S/C13H19BrN2O/c1-17-13-7-4-5-11(15-13)10-16-8-3-2-6-12(16)9-14/h4-5,7,12H,2-3,6,8-10H2,1H3. The average molecular weight is 299 g/mol. The lowest BCUT2D eigenvalue weighted by molar-refractivity contribution is 0.154. The van der Waals surface area contributed by atoms with Crippen molar-refractivity contribution in [3.05, 3.63) is 23.9 Å². The number of piperidine rings is 1. The minimum absolute atomic E-state index is 0.650. The molecule has 0 amide bonds. The van der Waals surface area contributed by atoms with Crippen molar-refractivity contribution in [1.82, 2.24) is 9.88 Å². The summed E-state index contributed by atoms with van der Waals surface area (Å²) in [5.74, 6) is 0.704. The fraction of sp³-hybridized carbons (Fsp3) is 0.615. The van der Waals surface area contributed by atoms with Gasteiger partial charge in [-0.3, -0.25) is 4.90 Å². The van der Waals surface area contributed by atoms with E-state index in [-0.39, 0.29) is 0 Å². The summed E-state index contributed by atoms with van der Waals surface area (Å²) in [6.07, 6.45) is 3.93. The lowest BCUT2D eigenvalue weighted by Gasteiger charge is -2.34. The molecule has 2 rings (SSSR count). The van der Waals surface area contributed by atoms with Crippen LogP contribution in [0, 0.1) is 0 Å². The molecule has 0 aliphatic carbocycles. The van der Waals surface area contributed by atoms with Gasteiger partial charge in [-0.15, -0.1) is 0 Å². The molecule has 1 aromatic heterocycles. The number of likely N-dealkylation sites (tertiary alicyclic amines) is 1. The normalized spacial score (nSPS) is 21.4. The van der Waals surface area contributed by atoms with Crippen LogP contribution in [0.1, 0.15) is 25.0 Å². The smallest absolute Gasteiger partial charge is 0.213 e. The van der Waals surface area contributed by atoms with Crippen molar-refractivity contribution in [3.8, 4) is 5.88 Å². The number of pyridine rings is 1. The molecule has 2 heterocycles. The molecule has 0 radical (unpaired) electrons. The Hall–Kier alpha value is -0.610. The molecule has 1 unspecified atom stereocenters. The van der Waals surface area contributed by atoms with Crippen LogP contribution < -0.4 is 4.74 Å². The number of halogens is 1. The van der Waals surface area contributed by atoms with E-state index in [1.807, 2.05) is 12.1 Å². The lowest BCUT2D eigenvalue weighted by atomic mass is 10.0. The van der Waals surface area contributed by atoms with Crippen molar-refractivity contribution in [1.29, 1.82) is 0 Å². The van der Waals surface area contributed by atoms with Crippen LogP contribution in [0.5, 0.6) is 5.88 Å². The number of methoxy groups -OCH3 is 1. The van der Waals surface area contributed by atoms with E-state index in [4.69, 9.17) is 4.74 Å². The lowest BCUT2D eigenvalue weighted by Crippen LogP contribution is -2.40. The van der Waals surface area contributed by atoms with Gasteiger partial charge in [0.05, 0.1) is 12.8 Å². The monoisotopic (exact) mass is 298 g/mol. The summed E-state index contributed by atoms with van der Waals surface area (Å²) in [5, 5.41) is 1.05. The highest BCUT2D eigenvalue weighted by atomic mass is 79.9. The van der Waals surface area contributed by atoms with Crippen LogP contribution in [-0.4, -0.2) is 34.9 Å². The summed E-state index contributed by atoms with van der Waals surface area (Å²) in [6, 6.07) is 6.62. The van der Waals surface area contributed by atoms with Crippen LogP contribution in [0.25, 0.3) is 0 Å². The van der Waals surface area contributed by atoms with Crippen LogP contribution in [0.3, 0.4) is 0 Å². The zero-order valence-electron chi connectivity index (χ0n) is 10.2. The predicted octanol–water partition coefficient (Wildman–Crippen LogP) is 2.84. The second-order valence-electron chi connectivity index (χ2n) is 4.45. The highest BCUT2D eigenvalue weighted by molar-refractivity contribution is 9.09. The molecule has 0 aromatic carbocycles. The third-order valence-electron chi connectivity index (χ3n) is 3.28. The van der Waals surface area contributed by atoms with E-state index in [0.717, 1.165) is 17.6 Å². The number of hydrogen-bond acceptors (Lipinski definition) is 3. The van der Waals surface area contributed by atoms with E-state index >= 15 is 0 Å². The molecule has 1 fully saturated rings. The molecule has 17 heavy (non-hydrogen) atoms. The van der Waals surface area contributed by atoms with E-state index < -0.39 is 0 Å². The summed E-state index contributed by atoms with van der Waals surface area (Å²) < 4.78 is 5.16. The number of alkyl halides is 1. The summed E-state index contributed by atoms with van der Waals surface area (Å²) in [7, 11) is 1.66.